The summed E-state index contributed by atoms with van der Waals surface area (Å²) in [6, 6.07) is 3.65. The van der Waals surface area contributed by atoms with Crippen LogP contribution in [0.15, 0.2) is 29.9 Å². The summed E-state index contributed by atoms with van der Waals surface area (Å²) in [5.41, 5.74) is 4.73. The van der Waals surface area contributed by atoms with Gasteiger partial charge in [0.1, 0.15) is 16.4 Å². The predicted molar refractivity (Wildman–Crippen MR) is 81.6 cm³/mol. The molecular formula is C15H13N3O2S. The molecular weight excluding hydrogens is 286 g/mol. The highest BCUT2D eigenvalue weighted by Gasteiger charge is 2.13. The van der Waals surface area contributed by atoms with Crippen molar-refractivity contribution in [3.05, 3.63) is 46.7 Å². The summed E-state index contributed by atoms with van der Waals surface area (Å²) in [5.74, 6) is -0.979. The minimum absolute atomic E-state index is 0.157. The van der Waals surface area contributed by atoms with E-state index in [-0.39, 0.29) is 5.69 Å². The van der Waals surface area contributed by atoms with Crippen LogP contribution in [-0.4, -0.2) is 26.0 Å². The van der Waals surface area contributed by atoms with E-state index in [0.717, 1.165) is 33.1 Å². The Labute approximate surface area is 125 Å². The van der Waals surface area contributed by atoms with Crippen LogP contribution in [0.5, 0.6) is 0 Å². The molecule has 0 saturated heterocycles. The number of hydrogen-bond acceptors (Lipinski definition) is 4. The van der Waals surface area contributed by atoms with Crippen LogP contribution in [0.3, 0.4) is 0 Å². The molecule has 0 aliphatic rings. The van der Waals surface area contributed by atoms with E-state index in [0.29, 0.717) is 0 Å². The molecule has 3 rings (SSSR count). The first kappa shape index (κ1) is 13.5. The Bertz CT molecular complexity index is 820. The molecule has 0 spiro atoms. The summed E-state index contributed by atoms with van der Waals surface area (Å²) in [4.78, 5) is 22.6. The van der Waals surface area contributed by atoms with Crippen LogP contribution >= 0.6 is 11.3 Å². The van der Waals surface area contributed by atoms with Crippen molar-refractivity contribution in [3.63, 3.8) is 0 Å². The van der Waals surface area contributed by atoms with Crippen LogP contribution in [0.4, 0.5) is 0 Å². The molecule has 0 aliphatic heterocycles. The van der Waals surface area contributed by atoms with Crippen LogP contribution in [0.25, 0.3) is 22.0 Å². The molecule has 21 heavy (non-hydrogen) atoms. The van der Waals surface area contributed by atoms with Gasteiger partial charge < -0.3 is 10.1 Å². The molecule has 6 heteroatoms. The van der Waals surface area contributed by atoms with Crippen LogP contribution in [0.2, 0.25) is 0 Å². The van der Waals surface area contributed by atoms with Gasteiger partial charge in [-0.15, -0.1) is 11.3 Å². The maximum Gasteiger partial charge on any atom is 0.352 e. The largest absolute Gasteiger partial charge is 0.477 e. The minimum Gasteiger partial charge on any atom is -0.477 e. The Morgan fingerprint density at radius 1 is 1.33 bits per heavy atom. The summed E-state index contributed by atoms with van der Waals surface area (Å²) < 4.78 is 0. The number of carbonyl (C=O) groups is 1. The van der Waals surface area contributed by atoms with Gasteiger partial charge in [0, 0.05) is 23.3 Å². The Morgan fingerprint density at radius 3 is 2.81 bits per heavy atom. The minimum atomic E-state index is -0.979. The fourth-order valence-corrected chi connectivity index (χ4v) is 3.01. The first-order valence-electron chi connectivity index (χ1n) is 6.36. The second kappa shape index (κ2) is 5.14. The number of aryl methyl sites for hydroxylation is 2. The number of nitrogens with one attached hydrogen (secondary N) is 1. The van der Waals surface area contributed by atoms with Gasteiger partial charge >= 0.3 is 5.97 Å². The molecule has 106 valence electrons. The number of nitrogens with zero attached hydrogens (tertiary/aromatic N) is 2. The van der Waals surface area contributed by atoms with Crippen molar-refractivity contribution in [2.24, 2.45) is 0 Å². The first-order valence-corrected chi connectivity index (χ1v) is 7.24. The van der Waals surface area contributed by atoms with Crippen molar-refractivity contribution in [2.45, 2.75) is 13.8 Å². The van der Waals surface area contributed by atoms with E-state index in [2.05, 4.69) is 21.0 Å². The van der Waals surface area contributed by atoms with Gasteiger partial charge in [0.25, 0.3) is 0 Å². The van der Waals surface area contributed by atoms with Crippen molar-refractivity contribution >= 4 is 17.3 Å². The standard InChI is InChI=1S/C15H13N3O2S/c1-8-3-9(2)13(17-5-8)14-18-12(7-21-14)10-4-11(15(19)20)16-6-10/h3-7,16H,1-2H3,(H,19,20). The van der Waals surface area contributed by atoms with Gasteiger partial charge in [-0.2, -0.15) is 0 Å². The highest BCUT2D eigenvalue weighted by atomic mass is 32.1. The van der Waals surface area contributed by atoms with Crippen LogP contribution in [0.1, 0.15) is 21.6 Å². The monoisotopic (exact) mass is 299 g/mol. The quantitative estimate of drug-likeness (QED) is 0.775. The number of H-pyrrole nitrogens is 1. The number of rotatable bonds is 3. The Kier molecular flexibility index (Phi) is 3.31. The molecule has 0 atom stereocenters. The van der Waals surface area contributed by atoms with E-state index >= 15 is 0 Å². The van der Waals surface area contributed by atoms with Gasteiger partial charge in [0.05, 0.1) is 5.69 Å². The molecule has 0 aliphatic carbocycles. The van der Waals surface area contributed by atoms with Gasteiger partial charge in [0.15, 0.2) is 0 Å². The second-order valence-corrected chi connectivity index (χ2v) is 5.68. The van der Waals surface area contributed by atoms with Crippen molar-refractivity contribution in [3.8, 4) is 22.0 Å². The van der Waals surface area contributed by atoms with Gasteiger partial charge in [-0.05, 0) is 31.0 Å². The lowest BCUT2D eigenvalue weighted by Gasteiger charge is -2.01. The van der Waals surface area contributed by atoms with Gasteiger partial charge in [0.2, 0.25) is 0 Å². The lowest BCUT2D eigenvalue weighted by molar-refractivity contribution is 0.0691. The summed E-state index contributed by atoms with van der Waals surface area (Å²) >= 11 is 1.50. The molecule has 0 aromatic carbocycles. The number of aromatic amines is 1. The van der Waals surface area contributed by atoms with Crippen LogP contribution < -0.4 is 0 Å². The summed E-state index contributed by atoms with van der Waals surface area (Å²) in [5, 5.41) is 11.7. The third-order valence-corrected chi connectivity index (χ3v) is 3.98. The smallest absolute Gasteiger partial charge is 0.352 e. The Balaban J connectivity index is 1.97. The number of hydrogen-bond donors (Lipinski definition) is 2. The summed E-state index contributed by atoms with van der Waals surface area (Å²) in [7, 11) is 0. The average molecular weight is 299 g/mol. The number of pyridine rings is 1. The molecule has 0 radical (unpaired) electrons. The van der Waals surface area contributed by atoms with Gasteiger partial charge in [-0.3, -0.25) is 4.98 Å². The average Bonchev–Trinajstić information content (AvgIpc) is 3.07. The molecule has 0 unspecified atom stereocenters. The third kappa shape index (κ3) is 2.57. The van der Waals surface area contributed by atoms with Crippen LogP contribution in [-0.2, 0) is 0 Å². The lowest BCUT2D eigenvalue weighted by Crippen LogP contribution is -1.94. The molecule has 3 aromatic rings. The molecule has 5 nitrogen and oxygen atoms in total. The topological polar surface area (TPSA) is 78.9 Å². The Morgan fingerprint density at radius 2 is 2.14 bits per heavy atom. The summed E-state index contributed by atoms with van der Waals surface area (Å²) in [6.45, 7) is 4.01. The molecule has 0 amide bonds. The number of aromatic carboxylic acids is 1. The van der Waals surface area contributed by atoms with E-state index in [9.17, 15) is 4.79 Å². The highest BCUT2D eigenvalue weighted by Crippen LogP contribution is 2.30. The zero-order chi connectivity index (χ0) is 15.0. The number of carboxylic acid groups (broad SMARTS) is 1. The first-order chi connectivity index (χ1) is 10.0. The van der Waals surface area contributed by atoms with Crippen molar-refractivity contribution in [2.75, 3.05) is 0 Å². The normalized spacial score (nSPS) is 10.8. The lowest BCUT2D eigenvalue weighted by atomic mass is 10.2. The number of carboxylic acids is 1. The SMILES string of the molecule is Cc1cnc(-c2nc(-c3c[nH]c(C(=O)O)c3)cs2)c(C)c1. The Hall–Kier alpha value is -2.47. The molecule has 3 aromatic heterocycles. The zero-order valence-corrected chi connectivity index (χ0v) is 12.4. The zero-order valence-electron chi connectivity index (χ0n) is 11.5. The number of aromatic nitrogens is 3. The van der Waals surface area contributed by atoms with E-state index in [1.165, 1.54) is 11.3 Å². The molecule has 2 N–H and O–H groups in total. The van der Waals surface area contributed by atoms with Crippen molar-refractivity contribution in [1.82, 2.24) is 15.0 Å². The maximum atomic E-state index is 10.9. The van der Waals surface area contributed by atoms with Crippen molar-refractivity contribution < 1.29 is 9.90 Å². The molecule has 0 fully saturated rings. The van der Waals surface area contributed by atoms with Crippen LogP contribution in [0, 0.1) is 13.8 Å². The summed E-state index contributed by atoms with van der Waals surface area (Å²) in [6.07, 6.45) is 3.47. The van der Waals surface area contributed by atoms with E-state index in [1.54, 1.807) is 12.3 Å². The second-order valence-electron chi connectivity index (χ2n) is 4.82. The van der Waals surface area contributed by atoms with E-state index in [1.807, 2.05) is 25.4 Å². The molecule has 0 bridgehead atoms. The van der Waals surface area contributed by atoms with Gasteiger partial charge in [-0.1, -0.05) is 6.07 Å². The van der Waals surface area contributed by atoms with E-state index in [4.69, 9.17) is 5.11 Å². The number of thiazole rings is 1. The third-order valence-electron chi connectivity index (χ3n) is 3.13. The van der Waals surface area contributed by atoms with Crippen molar-refractivity contribution in [1.29, 1.82) is 0 Å². The molecule has 3 heterocycles. The predicted octanol–water partition coefficient (Wildman–Crippen LogP) is 3.52. The van der Waals surface area contributed by atoms with Gasteiger partial charge in [-0.25, -0.2) is 9.78 Å². The fourth-order valence-electron chi connectivity index (χ4n) is 2.12. The molecule has 0 saturated carbocycles. The maximum absolute atomic E-state index is 10.9. The highest BCUT2D eigenvalue weighted by molar-refractivity contribution is 7.13. The van der Waals surface area contributed by atoms with E-state index < -0.39 is 5.97 Å². The fraction of sp³-hybridized carbons (Fsp3) is 0.133.